The zero-order valence-electron chi connectivity index (χ0n) is 19.5. The van der Waals surface area contributed by atoms with Gasteiger partial charge in [0.2, 0.25) is 17.7 Å². The number of nitrogens with one attached hydrogen (secondary N) is 3. The van der Waals surface area contributed by atoms with Gasteiger partial charge in [-0.1, -0.05) is 55.1 Å². The number of hydrogen-bond donors (Lipinski definition) is 3. The predicted molar refractivity (Wildman–Crippen MR) is 129 cm³/mol. The van der Waals surface area contributed by atoms with Crippen LogP contribution < -0.4 is 16.0 Å². The Kier molecular flexibility index (Phi) is 8.51. The summed E-state index contributed by atoms with van der Waals surface area (Å²) >= 11 is 1.11. The number of carbonyl (C=O) groups excluding carboxylic acids is 3. The van der Waals surface area contributed by atoms with E-state index in [0.29, 0.717) is 23.7 Å². The standard InChI is InChI=1S/C23H32N6O3S/c1-5-14(2)18(25-20(30)15(3)24-4)23(32)29-13-9-12-17(29)21(31)26-22-19(27-28-33-22)16-10-7-6-8-11-16/h6-8,10-11,14-15,17-18,24H,5,9,12-13H2,1-4H3,(H,25,30)(H,26,31)/t14-,15-,17-,18-/m0/s1. The summed E-state index contributed by atoms with van der Waals surface area (Å²) in [5, 5.41) is 13.4. The van der Waals surface area contributed by atoms with E-state index in [1.54, 1.807) is 18.9 Å². The molecule has 1 aliphatic rings. The lowest BCUT2D eigenvalue weighted by molar-refractivity contribution is -0.141. The molecule has 2 heterocycles. The van der Waals surface area contributed by atoms with Gasteiger partial charge in [-0.2, -0.15) is 0 Å². The van der Waals surface area contributed by atoms with E-state index in [9.17, 15) is 14.4 Å². The Balaban J connectivity index is 1.75. The van der Waals surface area contributed by atoms with E-state index in [1.807, 2.05) is 44.2 Å². The van der Waals surface area contributed by atoms with Gasteiger partial charge in [-0.05, 0) is 32.7 Å². The molecule has 3 N–H and O–H groups in total. The first-order valence-corrected chi connectivity index (χ1v) is 12.1. The molecule has 0 radical (unpaired) electrons. The van der Waals surface area contributed by atoms with Gasteiger partial charge in [0.1, 0.15) is 22.8 Å². The van der Waals surface area contributed by atoms with Crippen molar-refractivity contribution in [3.05, 3.63) is 30.3 Å². The third kappa shape index (κ3) is 5.75. The van der Waals surface area contributed by atoms with Crippen molar-refractivity contribution in [1.29, 1.82) is 0 Å². The lowest BCUT2D eigenvalue weighted by Crippen LogP contribution is -2.57. The van der Waals surface area contributed by atoms with E-state index < -0.39 is 18.1 Å². The molecule has 1 fully saturated rings. The van der Waals surface area contributed by atoms with Crippen LogP contribution in [-0.4, -0.2) is 63.9 Å². The Bertz CT molecular complexity index is 966. The Hall–Kier alpha value is -2.85. The summed E-state index contributed by atoms with van der Waals surface area (Å²) in [5.74, 6) is -0.781. The normalized spacial score (nSPS) is 18.4. The molecule has 0 saturated carbocycles. The maximum atomic E-state index is 13.5. The summed E-state index contributed by atoms with van der Waals surface area (Å²) in [6.07, 6.45) is 2.02. The Morgan fingerprint density at radius 1 is 1.21 bits per heavy atom. The fourth-order valence-corrected chi connectivity index (χ4v) is 4.42. The summed E-state index contributed by atoms with van der Waals surface area (Å²) in [5.41, 5.74) is 1.47. The Morgan fingerprint density at radius 2 is 1.94 bits per heavy atom. The van der Waals surface area contributed by atoms with Gasteiger partial charge in [0, 0.05) is 23.6 Å². The van der Waals surface area contributed by atoms with Crippen LogP contribution in [-0.2, 0) is 14.4 Å². The second-order valence-corrected chi connectivity index (χ2v) is 9.13. The van der Waals surface area contributed by atoms with Gasteiger partial charge in [0.05, 0.1) is 6.04 Å². The number of aromatic nitrogens is 2. The van der Waals surface area contributed by atoms with Gasteiger partial charge >= 0.3 is 0 Å². The highest BCUT2D eigenvalue weighted by molar-refractivity contribution is 7.10. The molecule has 3 amide bonds. The van der Waals surface area contributed by atoms with Crippen molar-refractivity contribution in [1.82, 2.24) is 25.1 Å². The van der Waals surface area contributed by atoms with Gasteiger partial charge in [-0.15, -0.1) is 5.10 Å². The minimum Gasteiger partial charge on any atom is -0.343 e. The molecule has 0 aliphatic carbocycles. The molecule has 3 rings (SSSR count). The molecular weight excluding hydrogens is 440 g/mol. The number of likely N-dealkylation sites (N-methyl/N-ethyl adjacent to an activating group) is 1. The predicted octanol–water partition coefficient (Wildman–Crippen LogP) is 2.27. The lowest BCUT2D eigenvalue weighted by Gasteiger charge is -2.31. The molecule has 10 heteroatoms. The monoisotopic (exact) mass is 472 g/mol. The molecule has 9 nitrogen and oxygen atoms in total. The number of likely N-dealkylation sites (tertiary alicyclic amines) is 1. The first kappa shape index (κ1) is 24.8. The fraction of sp³-hybridized carbons (Fsp3) is 0.522. The Morgan fingerprint density at radius 3 is 2.61 bits per heavy atom. The highest BCUT2D eigenvalue weighted by atomic mass is 32.1. The van der Waals surface area contributed by atoms with Crippen molar-refractivity contribution >= 4 is 34.3 Å². The van der Waals surface area contributed by atoms with Crippen molar-refractivity contribution in [2.75, 3.05) is 18.9 Å². The number of hydrogen-bond acceptors (Lipinski definition) is 7. The SMILES string of the molecule is CC[C@H](C)[C@H](NC(=O)[C@H](C)NC)C(=O)N1CCC[C@H]1C(=O)Nc1snnc1-c1ccccc1. The molecule has 33 heavy (non-hydrogen) atoms. The second-order valence-electron chi connectivity index (χ2n) is 8.38. The molecule has 0 spiro atoms. The van der Waals surface area contributed by atoms with Crippen molar-refractivity contribution in [2.45, 2.75) is 58.2 Å². The molecule has 2 aromatic rings. The number of rotatable bonds is 9. The van der Waals surface area contributed by atoms with Crippen molar-refractivity contribution in [3.63, 3.8) is 0 Å². The minimum absolute atomic E-state index is 0.0646. The largest absolute Gasteiger partial charge is 0.343 e. The number of benzene rings is 1. The van der Waals surface area contributed by atoms with E-state index in [2.05, 4.69) is 25.5 Å². The van der Waals surface area contributed by atoms with Crippen LogP contribution in [0.1, 0.15) is 40.0 Å². The number of carbonyl (C=O) groups is 3. The molecule has 4 atom stereocenters. The van der Waals surface area contributed by atoms with Crippen LogP contribution in [0.2, 0.25) is 0 Å². The molecule has 0 unspecified atom stereocenters. The van der Waals surface area contributed by atoms with E-state index in [1.165, 1.54) is 0 Å². The van der Waals surface area contributed by atoms with Crippen LogP contribution >= 0.6 is 11.5 Å². The van der Waals surface area contributed by atoms with Crippen LogP contribution in [0.5, 0.6) is 0 Å². The average Bonchev–Trinajstić information content (AvgIpc) is 3.51. The number of nitrogens with zero attached hydrogens (tertiary/aromatic N) is 3. The molecule has 1 aromatic heterocycles. The molecule has 1 saturated heterocycles. The number of amides is 3. The van der Waals surface area contributed by atoms with Crippen molar-refractivity contribution in [2.24, 2.45) is 5.92 Å². The highest BCUT2D eigenvalue weighted by Gasteiger charge is 2.39. The summed E-state index contributed by atoms with van der Waals surface area (Å²) in [4.78, 5) is 40.8. The average molecular weight is 473 g/mol. The summed E-state index contributed by atoms with van der Waals surface area (Å²) < 4.78 is 4.00. The second kappa shape index (κ2) is 11.3. The van der Waals surface area contributed by atoms with Gasteiger partial charge < -0.3 is 20.9 Å². The van der Waals surface area contributed by atoms with Crippen LogP contribution in [0.25, 0.3) is 11.3 Å². The third-order valence-electron chi connectivity index (χ3n) is 6.21. The lowest BCUT2D eigenvalue weighted by atomic mass is 9.97. The first-order valence-electron chi connectivity index (χ1n) is 11.3. The summed E-state index contributed by atoms with van der Waals surface area (Å²) in [7, 11) is 1.70. The molecular formula is C23H32N6O3S. The van der Waals surface area contributed by atoms with Crippen LogP contribution in [0.3, 0.4) is 0 Å². The molecule has 178 valence electrons. The van der Waals surface area contributed by atoms with Crippen molar-refractivity contribution in [3.8, 4) is 11.3 Å². The maximum absolute atomic E-state index is 13.5. The minimum atomic E-state index is -0.684. The quantitative estimate of drug-likeness (QED) is 0.516. The van der Waals surface area contributed by atoms with Gasteiger partial charge in [0.25, 0.3) is 0 Å². The van der Waals surface area contributed by atoms with Gasteiger partial charge in [-0.25, -0.2) is 0 Å². The fourth-order valence-electron chi connectivity index (χ4n) is 3.83. The molecule has 1 aliphatic heterocycles. The third-order valence-corrected chi connectivity index (χ3v) is 6.85. The Labute approximate surface area is 198 Å². The smallest absolute Gasteiger partial charge is 0.247 e. The first-order chi connectivity index (χ1) is 15.9. The summed E-state index contributed by atoms with van der Waals surface area (Å²) in [6, 6.07) is 7.81. The molecule has 0 bridgehead atoms. The van der Waals surface area contributed by atoms with E-state index >= 15 is 0 Å². The van der Waals surface area contributed by atoms with Gasteiger partial charge in [-0.3, -0.25) is 14.4 Å². The highest BCUT2D eigenvalue weighted by Crippen LogP contribution is 2.30. The zero-order chi connectivity index (χ0) is 24.0. The van der Waals surface area contributed by atoms with Crippen LogP contribution in [0, 0.1) is 5.92 Å². The van der Waals surface area contributed by atoms with Crippen LogP contribution in [0.4, 0.5) is 5.00 Å². The number of anilines is 1. The summed E-state index contributed by atoms with van der Waals surface area (Å²) in [6.45, 7) is 6.14. The zero-order valence-corrected chi connectivity index (χ0v) is 20.3. The molecule has 1 aromatic carbocycles. The van der Waals surface area contributed by atoms with E-state index in [4.69, 9.17) is 0 Å². The van der Waals surface area contributed by atoms with Gasteiger partial charge in [0.15, 0.2) is 0 Å². The van der Waals surface area contributed by atoms with E-state index in [0.717, 1.165) is 29.9 Å². The van der Waals surface area contributed by atoms with Crippen molar-refractivity contribution < 1.29 is 14.4 Å². The topological polar surface area (TPSA) is 116 Å². The van der Waals surface area contributed by atoms with E-state index in [-0.39, 0.29) is 23.6 Å². The maximum Gasteiger partial charge on any atom is 0.247 e. The van der Waals surface area contributed by atoms with Crippen LogP contribution in [0.15, 0.2) is 30.3 Å².